The van der Waals surface area contributed by atoms with Crippen LogP contribution in [0.25, 0.3) is 0 Å². The summed E-state index contributed by atoms with van der Waals surface area (Å²) >= 11 is 0. The maximum Gasteiger partial charge on any atom is 0.270 e. The first-order valence-corrected chi connectivity index (χ1v) is 7.43. The van der Waals surface area contributed by atoms with Crippen molar-refractivity contribution in [2.24, 2.45) is 0 Å². The molecule has 1 aromatic rings. The number of nitro groups is 1. The van der Waals surface area contributed by atoms with Crippen LogP contribution in [-0.4, -0.2) is 30.8 Å². The molecule has 1 aromatic carbocycles. The summed E-state index contributed by atoms with van der Waals surface area (Å²) in [7, 11) is 0. The predicted molar refractivity (Wildman–Crippen MR) is 79.6 cm³/mol. The van der Waals surface area contributed by atoms with E-state index in [9.17, 15) is 10.1 Å². The second-order valence-corrected chi connectivity index (χ2v) is 5.17. The number of rotatable bonds is 8. The van der Waals surface area contributed by atoms with Gasteiger partial charge in [-0.2, -0.15) is 0 Å². The summed E-state index contributed by atoms with van der Waals surface area (Å²) in [5.41, 5.74) is 0.906. The molecule has 1 fully saturated rings. The van der Waals surface area contributed by atoms with Crippen molar-refractivity contribution in [3.05, 3.63) is 33.9 Å². The molecule has 2 rings (SSSR count). The van der Waals surface area contributed by atoms with Crippen molar-refractivity contribution in [2.75, 3.05) is 19.8 Å². The summed E-state index contributed by atoms with van der Waals surface area (Å²) in [4.78, 5) is 10.5. The largest absolute Gasteiger partial charge is 0.491 e. The molecule has 0 aromatic heterocycles. The maximum atomic E-state index is 10.9. The number of nitrogens with one attached hydrogen (secondary N) is 1. The SMILES string of the molecule is CCCNCc1cc([N+](=O)[O-])ccc1OCC1CCCO1. The van der Waals surface area contributed by atoms with E-state index in [2.05, 4.69) is 12.2 Å². The minimum Gasteiger partial charge on any atom is -0.491 e. The average molecular weight is 294 g/mol. The minimum absolute atomic E-state index is 0.0905. The van der Waals surface area contributed by atoms with E-state index in [0.717, 1.165) is 38.0 Å². The van der Waals surface area contributed by atoms with Gasteiger partial charge in [-0.15, -0.1) is 0 Å². The summed E-state index contributed by atoms with van der Waals surface area (Å²) in [5, 5.41) is 14.1. The Bertz CT molecular complexity index is 473. The Morgan fingerprint density at radius 3 is 3.05 bits per heavy atom. The molecule has 1 aliphatic heterocycles. The van der Waals surface area contributed by atoms with Crippen molar-refractivity contribution in [1.82, 2.24) is 5.32 Å². The first-order valence-electron chi connectivity index (χ1n) is 7.43. The van der Waals surface area contributed by atoms with Gasteiger partial charge in [0.05, 0.1) is 11.0 Å². The molecule has 0 aliphatic carbocycles. The molecule has 0 bridgehead atoms. The van der Waals surface area contributed by atoms with E-state index in [1.165, 1.54) is 6.07 Å². The predicted octanol–water partition coefficient (Wildman–Crippen LogP) is 2.65. The standard InChI is InChI=1S/C15H22N2O4/c1-2-7-16-10-12-9-13(17(18)19)5-6-15(12)21-11-14-4-3-8-20-14/h5-6,9,14,16H,2-4,7-8,10-11H2,1H3. The van der Waals surface area contributed by atoms with Gasteiger partial charge < -0.3 is 14.8 Å². The van der Waals surface area contributed by atoms with Crippen LogP contribution in [-0.2, 0) is 11.3 Å². The third-order valence-corrected chi connectivity index (χ3v) is 3.45. The summed E-state index contributed by atoms with van der Waals surface area (Å²) in [5.74, 6) is 0.694. The molecular weight excluding hydrogens is 272 g/mol. The van der Waals surface area contributed by atoms with E-state index < -0.39 is 0 Å². The number of nitro benzene ring substituents is 1. The summed E-state index contributed by atoms with van der Waals surface area (Å²) in [6.07, 6.45) is 3.23. The second kappa shape index (κ2) is 7.95. The molecule has 21 heavy (non-hydrogen) atoms. The van der Waals surface area contributed by atoms with E-state index in [1.807, 2.05) is 0 Å². The van der Waals surface area contributed by atoms with E-state index in [0.29, 0.717) is 18.9 Å². The van der Waals surface area contributed by atoms with E-state index in [-0.39, 0.29) is 16.7 Å². The quantitative estimate of drug-likeness (QED) is 0.453. The van der Waals surface area contributed by atoms with Crippen LogP contribution < -0.4 is 10.1 Å². The van der Waals surface area contributed by atoms with Gasteiger partial charge in [0.2, 0.25) is 0 Å². The van der Waals surface area contributed by atoms with Crippen molar-refractivity contribution < 1.29 is 14.4 Å². The van der Waals surface area contributed by atoms with Crippen LogP contribution in [0.3, 0.4) is 0 Å². The fraction of sp³-hybridized carbons (Fsp3) is 0.600. The van der Waals surface area contributed by atoms with Gasteiger partial charge in [0.1, 0.15) is 12.4 Å². The molecule has 1 atom stereocenters. The monoisotopic (exact) mass is 294 g/mol. The molecule has 0 spiro atoms. The molecule has 0 amide bonds. The fourth-order valence-corrected chi connectivity index (χ4v) is 2.32. The van der Waals surface area contributed by atoms with Crippen molar-refractivity contribution in [1.29, 1.82) is 0 Å². The summed E-state index contributed by atoms with van der Waals surface area (Å²) in [6.45, 7) is 4.80. The minimum atomic E-state index is -0.382. The van der Waals surface area contributed by atoms with Gasteiger partial charge >= 0.3 is 0 Å². The Balaban J connectivity index is 2.03. The van der Waals surface area contributed by atoms with Crippen LogP contribution in [0.5, 0.6) is 5.75 Å². The van der Waals surface area contributed by atoms with Crippen molar-refractivity contribution in [3.8, 4) is 5.75 Å². The second-order valence-electron chi connectivity index (χ2n) is 5.17. The lowest BCUT2D eigenvalue weighted by Gasteiger charge is -2.15. The zero-order valence-electron chi connectivity index (χ0n) is 12.3. The van der Waals surface area contributed by atoms with Crippen LogP contribution in [0.15, 0.2) is 18.2 Å². The van der Waals surface area contributed by atoms with Gasteiger partial charge in [-0.25, -0.2) is 0 Å². The highest BCUT2D eigenvalue weighted by molar-refractivity contribution is 5.43. The summed E-state index contributed by atoms with van der Waals surface area (Å²) < 4.78 is 11.3. The number of ether oxygens (including phenoxy) is 2. The number of benzene rings is 1. The van der Waals surface area contributed by atoms with Crippen molar-refractivity contribution in [2.45, 2.75) is 38.8 Å². The first kappa shape index (κ1) is 15.7. The highest BCUT2D eigenvalue weighted by Crippen LogP contribution is 2.25. The lowest BCUT2D eigenvalue weighted by molar-refractivity contribution is -0.384. The average Bonchev–Trinajstić information content (AvgIpc) is 2.99. The van der Waals surface area contributed by atoms with Crippen LogP contribution in [0.2, 0.25) is 0 Å². The van der Waals surface area contributed by atoms with Gasteiger partial charge in [-0.3, -0.25) is 10.1 Å². The topological polar surface area (TPSA) is 73.6 Å². The number of hydrogen-bond acceptors (Lipinski definition) is 5. The number of non-ortho nitro benzene ring substituents is 1. The van der Waals surface area contributed by atoms with Crippen molar-refractivity contribution in [3.63, 3.8) is 0 Å². The Morgan fingerprint density at radius 1 is 1.52 bits per heavy atom. The van der Waals surface area contributed by atoms with Crippen LogP contribution in [0.1, 0.15) is 31.7 Å². The van der Waals surface area contributed by atoms with Gasteiger partial charge in [0, 0.05) is 30.8 Å². The smallest absolute Gasteiger partial charge is 0.270 e. The number of hydrogen-bond donors (Lipinski definition) is 1. The Labute approximate surface area is 124 Å². The molecular formula is C15H22N2O4. The molecule has 6 nitrogen and oxygen atoms in total. The molecule has 116 valence electrons. The lowest BCUT2D eigenvalue weighted by atomic mass is 10.1. The van der Waals surface area contributed by atoms with E-state index >= 15 is 0 Å². The van der Waals surface area contributed by atoms with E-state index in [4.69, 9.17) is 9.47 Å². The third-order valence-electron chi connectivity index (χ3n) is 3.45. The molecule has 6 heteroatoms. The zero-order valence-corrected chi connectivity index (χ0v) is 12.3. The number of nitrogens with zero attached hydrogens (tertiary/aromatic N) is 1. The van der Waals surface area contributed by atoms with Gasteiger partial charge in [-0.05, 0) is 31.9 Å². The molecule has 1 aliphatic rings. The van der Waals surface area contributed by atoms with Crippen LogP contribution in [0.4, 0.5) is 5.69 Å². The van der Waals surface area contributed by atoms with Crippen LogP contribution >= 0.6 is 0 Å². The molecule has 0 radical (unpaired) electrons. The molecule has 1 unspecified atom stereocenters. The highest BCUT2D eigenvalue weighted by Gasteiger charge is 2.18. The lowest BCUT2D eigenvalue weighted by Crippen LogP contribution is -2.19. The molecule has 1 saturated heterocycles. The fourth-order valence-electron chi connectivity index (χ4n) is 2.32. The molecule has 1 N–H and O–H groups in total. The third kappa shape index (κ3) is 4.68. The maximum absolute atomic E-state index is 10.9. The van der Waals surface area contributed by atoms with Crippen molar-refractivity contribution >= 4 is 5.69 Å². The first-order chi connectivity index (χ1) is 10.2. The van der Waals surface area contributed by atoms with Gasteiger partial charge in [0.25, 0.3) is 5.69 Å². The van der Waals surface area contributed by atoms with Gasteiger partial charge in [0.15, 0.2) is 0 Å². The van der Waals surface area contributed by atoms with Gasteiger partial charge in [-0.1, -0.05) is 6.92 Å². The van der Waals surface area contributed by atoms with Crippen LogP contribution in [0, 0.1) is 10.1 Å². The van der Waals surface area contributed by atoms with E-state index in [1.54, 1.807) is 12.1 Å². The summed E-state index contributed by atoms with van der Waals surface area (Å²) in [6, 6.07) is 4.73. The molecule has 0 saturated carbocycles. The zero-order chi connectivity index (χ0) is 15.1. The Hall–Kier alpha value is -1.66. The molecule has 1 heterocycles. The highest BCUT2D eigenvalue weighted by atomic mass is 16.6. The Kier molecular flexibility index (Phi) is 5.95. The Morgan fingerprint density at radius 2 is 2.38 bits per heavy atom. The normalized spacial score (nSPS) is 17.9.